The number of ether oxygens (including phenoxy) is 1. The zero-order chi connectivity index (χ0) is 14.8. The van der Waals surface area contributed by atoms with Crippen LogP contribution in [0.25, 0.3) is 0 Å². The van der Waals surface area contributed by atoms with Gasteiger partial charge in [0.25, 0.3) is 0 Å². The lowest BCUT2D eigenvalue weighted by Crippen LogP contribution is -2.53. The fourth-order valence-electron chi connectivity index (χ4n) is 3.12. The monoisotopic (exact) mass is 289 g/mol. The number of carbonyl (C=O) groups is 1. The van der Waals surface area contributed by atoms with Crippen LogP contribution in [0.4, 0.5) is 0 Å². The number of hydrogen-bond donors (Lipinski definition) is 1. The fourth-order valence-corrected chi connectivity index (χ4v) is 3.12. The van der Waals surface area contributed by atoms with Crippen LogP contribution in [0.5, 0.6) is 5.75 Å². The number of para-hydroxylation sites is 1. The molecular formula is C16H23N3O2. The van der Waals surface area contributed by atoms with Gasteiger partial charge in [-0.15, -0.1) is 0 Å². The lowest BCUT2D eigenvalue weighted by atomic mass is 9.99. The van der Waals surface area contributed by atoms with Crippen molar-refractivity contribution in [1.29, 1.82) is 0 Å². The largest absolute Gasteiger partial charge is 0.492 e. The van der Waals surface area contributed by atoms with E-state index in [1.165, 1.54) is 0 Å². The Hall–Kier alpha value is -1.59. The van der Waals surface area contributed by atoms with Crippen molar-refractivity contribution in [3.05, 3.63) is 29.8 Å². The van der Waals surface area contributed by atoms with Gasteiger partial charge in [-0.25, -0.2) is 0 Å². The van der Waals surface area contributed by atoms with Crippen molar-refractivity contribution in [1.82, 2.24) is 9.80 Å². The van der Waals surface area contributed by atoms with Gasteiger partial charge in [0.2, 0.25) is 5.91 Å². The highest BCUT2D eigenvalue weighted by Crippen LogP contribution is 2.34. The molecule has 114 valence electrons. The smallest absolute Gasteiger partial charge is 0.233 e. The minimum Gasteiger partial charge on any atom is -0.492 e. The number of nitrogens with two attached hydrogens (primary N) is 1. The molecule has 21 heavy (non-hydrogen) atoms. The molecule has 5 nitrogen and oxygen atoms in total. The van der Waals surface area contributed by atoms with E-state index in [1.807, 2.05) is 29.2 Å². The molecule has 2 aliphatic heterocycles. The molecule has 0 aliphatic carbocycles. The van der Waals surface area contributed by atoms with E-state index in [9.17, 15) is 4.79 Å². The van der Waals surface area contributed by atoms with Crippen molar-refractivity contribution in [2.24, 2.45) is 5.73 Å². The van der Waals surface area contributed by atoms with Crippen molar-refractivity contribution in [2.45, 2.75) is 18.9 Å². The average Bonchev–Trinajstić information content (AvgIpc) is 2.97. The Balaban J connectivity index is 1.63. The number of benzene rings is 1. The molecule has 1 aromatic rings. The third-order valence-corrected chi connectivity index (χ3v) is 4.59. The second-order valence-corrected chi connectivity index (χ2v) is 5.85. The number of rotatable bonds is 3. The van der Waals surface area contributed by atoms with E-state index in [0.29, 0.717) is 19.2 Å². The Morgan fingerprint density at radius 3 is 2.76 bits per heavy atom. The third-order valence-electron chi connectivity index (χ3n) is 4.59. The number of amides is 1. The van der Waals surface area contributed by atoms with E-state index in [4.69, 9.17) is 10.5 Å². The number of piperazine rings is 1. The predicted octanol–water partition coefficient (Wildman–Crippen LogP) is 0.654. The Labute approximate surface area is 125 Å². The topological polar surface area (TPSA) is 58.8 Å². The van der Waals surface area contributed by atoms with E-state index in [2.05, 4.69) is 11.8 Å². The molecule has 0 spiro atoms. The zero-order valence-corrected chi connectivity index (χ0v) is 12.5. The molecule has 0 radical (unpaired) electrons. The van der Waals surface area contributed by atoms with Gasteiger partial charge in [0, 0.05) is 44.3 Å². The summed E-state index contributed by atoms with van der Waals surface area (Å²) in [6.45, 7) is 6.64. The van der Waals surface area contributed by atoms with Crippen molar-refractivity contribution in [2.75, 3.05) is 39.3 Å². The Morgan fingerprint density at radius 2 is 2.05 bits per heavy atom. The number of fused-ring (bicyclic) bond motifs is 1. The standard InChI is InChI=1S/C16H23N3O2/c1-12(10-17)18-6-8-19(9-7-18)16(20)14-11-21-15-5-3-2-4-13(14)15/h2-5,12,14H,6-11,17H2,1H3. The molecule has 1 aromatic carbocycles. The summed E-state index contributed by atoms with van der Waals surface area (Å²) in [5, 5.41) is 0. The van der Waals surface area contributed by atoms with Crippen molar-refractivity contribution in [3.8, 4) is 5.75 Å². The van der Waals surface area contributed by atoms with Gasteiger partial charge in [0.05, 0.1) is 0 Å². The van der Waals surface area contributed by atoms with Crippen LogP contribution in [0.1, 0.15) is 18.4 Å². The third kappa shape index (κ3) is 2.76. The summed E-state index contributed by atoms with van der Waals surface area (Å²) in [6.07, 6.45) is 0. The van der Waals surface area contributed by atoms with Crippen LogP contribution < -0.4 is 10.5 Å². The van der Waals surface area contributed by atoms with Crippen LogP contribution in [0.15, 0.2) is 24.3 Å². The predicted molar refractivity (Wildman–Crippen MR) is 81.3 cm³/mol. The summed E-state index contributed by atoms with van der Waals surface area (Å²) in [6, 6.07) is 8.23. The van der Waals surface area contributed by atoms with Crippen LogP contribution in [-0.4, -0.2) is 61.1 Å². The summed E-state index contributed by atoms with van der Waals surface area (Å²) >= 11 is 0. The van der Waals surface area contributed by atoms with Crippen molar-refractivity contribution in [3.63, 3.8) is 0 Å². The quantitative estimate of drug-likeness (QED) is 0.888. The minimum absolute atomic E-state index is 0.139. The van der Waals surface area contributed by atoms with E-state index in [1.54, 1.807) is 0 Å². The molecule has 2 unspecified atom stereocenters. The molecular weight excluding hydrogens is 266 g/mol. The van der Waals surface area contributed by atoms with Crippen LogP contribution in [0, 0.1) is 0 Å². The highest BCUT2D eigenvalue weighted by atomic mass is 16.5. The first-order valence-electron chi connectivity index (χ1n) is 7.65. The molecule has 1 fully saturated rings. The first-order chi connectivity index (χ1) is 10.2. The molecule has 2 atom stereocenters. The Bertz CT molecular complexity index is 512. The first kappa shape index (κ1) is 14.4. The molecule has 1 amide bonds. The number of hydrogen-bond acceptors (Lipinski definition) is 4. The van der Waals surface area contributed by atoms with Crippen LogP contribution >= 0.6 is 0 Å². The Kier molecular flexibility index (Phi) is 4.12. The first-order valence-corrected chi connectivity index (χ1v) is 7.65. The van der Waals surface area contributed by atoms with Gasteiger partial charge in [-0.05, 0) is 13.0 Å². The highest BCUT2D eigenvalue weighted by Gasteiger charge is 2.34. The van der Waals surface area contributed by atoms with Crippen LogP contribution in [-0.2, 0) is 4.79 Å². The van der Waals surface area contributed by atoms with Gasteiger partial charge >= 0.3 is 0 Å². The zero-order valence-electron chi connectivity index (χ0n) is 12.5. The molecule has 5 heteroatoms. The second kappa shape index (κ2) is 6.03. The molecule has 2 aliphatic rings. The lowest BCUT2D eigenvalue weighted by Gasteiger charge is -2.38. The Morgan fingerprint density at radius 1 is 1.33 bits per heavy atom. The van der Waals surface area contributed by atoms with Crippen LogP contribution in [0.2, 0.25) is 0 Å². The second-order valence-electron chi connectivity index (χ2n) is 5.85. The van der Waals surface area contributed by atoms with Gasteiger partial charge in [0.1, 0.15) is 18.3 Å². The van der Waals surface area contributed by atoms with Crippen molar-refractivity contribution < 1.29 is 9.53 Å². The molecule has 0 bridgehead atoms. The molecule has 3 rings (SSSR count). The summed E-state index contributed by atoms with van der Waals surface area (Å²) in [5.74, 6) is 0.908. The lowest BCUT2D eigenvalue weighted by molar-refractivity contribution is -0.135. The average molecular weight is 289 g/mol. The van der Waals surface area contributed by atoms with Gasteiger partial charge in [0.15, 0.2) is 0 Å². The van der Waals surface area contributed by atoms with Gasteiger partial charge in [-0.2, -0.15) is 0 Å². The fraction of sp³-hybridized carbons (Fsp3) is 0.562. The maximum atomic E-state index is 12.7. The maximum absolute atomic E-state index is 12.7. The van der Waals surface area contributed by atoms with E-state index in [0.717, 1.165) is 37.5 Å². The number of carbonyl (C=O) groups excluding carboxylic acids is 1. The molecule has 0 aromatic heterocycles. The summed E-state index contributed by atoms with van der Waals surface area (Å²) in [5.41, 5.74) is 6.74. The summed E-state index contributed by atoms with van der Waals surface area (Å²) < 4.78 is 5.63. The maximum Gasteiger partial charge on any atom is 0.233 e. The SMILES string of the molecule is CC(CN)N1CCN(C(=O)C2COc3ccccc32)CC1. The molecule has 2 heterocycles. The van der Waals surface area contributed by atoms with E-state index >= 15 is 0 Å². The van der Waals surface area contributed by atoms with Gasteiger partial charge < -0.3 is 15.4 Å². The van der Waals surface area contributed by atoms with Gasteiger partial charge in [-0.1, -0.05) is 18.2 Å². The normalized spacial score (nSPS) is 23.5. The van der Waals surface area contributed by atoms with Crippen LogP contribution in [0.3, 0.4) is 0 Å². The van der Waals surface area contributed by atoms with Crippen molar-refractivity contribution >= 4 is 5.91 Å². The summed E-state index contributed by atoms with van der Waals surface area (Å²) in [4.78, 5) is 17.0. The molecule has 0 saturated carbocycles. The van der Waals surface area contributed by atoms with E-state index in [-0.39, 0.29) is 11.8 Å². The summed E-state index contributed by atoms with van der Waals surface area (Å²) in [7, 11) is 0. The molecule has 2 N–H and O–H groups in total. The number of nitrogens with zero attached hydrogens (tertiary/aromatic N) is 2. The minimum atomic E-state index is -0.139. The van der Waals surface area contributed by atoms with E-state index < -0.39 is 0 Å². The highest BCUT2D eigenvalue weighted by molar-refractivity contribution is 5.85. The van der Waals surface area contributed by atoms with Gasteiger partial charge in [-0.3, -0.25) is 9.69 Å². The molecule has 1 saturated heterocycles.